The second-order valence-corrected chi connectivity index (χ2v) is 4.86. The van der Waals surface area contributed by atoms with Crippen LogP contribution >= 0.6 is 0 Å². The number of urea groups is 1. The summed E-state index contributed by atoms with van der Waals surface area (Å²) in [5.41, 5.74) is 0.105. The van der Waals surface area contributed by atoms with Crippen molar-refractivity contribution >= 4 is 6.03 Å². The van der Waals surface area contributed by atoms with Crippen molar-refractivity contribution in [2.24, 2.45) is 5.41 Å². The second-order valence-electron chi connectivity index (χ2n) is 4.86. The Bertz CT molecular complexity index is 170. The lowest BCUT2D eigenvalue weighted by molar-refractivity contribution is 0.220. The quantitative estimate of drug-likeness (QED) is 0.681. The van der Waals surface area contributed by atoms with Gasteiger partial charge in [0, 0.05) is 12.1 Å². The minimum Gasteiger partial charge on any atom is -0.336 e. The molecule has 0 rings (SSSR count). The van der Waals surface area contributed by atoms with E-state index in [1.165, 1.54) is 0 Å². The lowest BCUT2D eigenvalue weighted by Gasteiger charge is -2.28. The summed E-state index contributed by atoms with van der Waals surface area (Å²) in [5.74, 6) is 0. The fourth-order valence-corrected chi connectivity index (χ4v) is 0.717. The Balaban J connectivity index is 3.93. The van der Waals surface area contributed by atoms with Crippen LogP contribution in [0.25, 0.3) is 0 Å². The Kier molecular flexibility index (Phi) is 4.24. The third kappa shape index (κ3) is 5.50. The molecule has 0 heterocycles. The fourth-order valence-electron chi connectivity index (χ4n) is 0.717. The molecule has 3 heteroatoms. The van der Waals surface area contributed by atoms with E-state index in [4.69, 9.17) is 0 Å². The molecule has 0 aromatic heterocycles. The minimum atomic E-state index is -0.0857. The Labute approximate surface area is 81.3 Å². The second kappa shape index (κ2) is 4.49. The van der Waals surface area contributed by atoms with Crippen LogP contribution < -0.4 is 10.6 Å². The summed E-state index contributed by atoms with van der Waals surface area (Å²) in [6, 6.07) is 0.274. The van der Waals surface area contributed by atoms with E-state index >= 15 is 0 Å². The summed E-state index contributed by atoms with van der Waals surface area (Å²) in [7, 11) is 0. The van der Waals surface area contributed by atoms with E-state index in [0.29, 0.717) is 0 Å². The molecular weight excluding hydrogens is 164 g/mol. The Morgan fingerprint density at radius 1 is 1.08 bits per heavy atom. The normalized spacial score (nSPS) is 14.1. The number of carbonyl (C=O) groups excluding carboxylic acids is 1. The van der Waals surface area contributed by atoms with Gasteiger partial charge in [0.2, 0.25) is 0 Å². The summed E-state index contributed by atoms with van der Waals surface area (Å²) >= 11 is 0. The lowest BCUT2D eigenvalue weighted by atomic mass is 9.88. The molecule has 0 aliphatic carbocycles. The largest absolute Gasteiger partial charge is 0.336 e. The zero-order valence-electron chi connectivity index (χ0n) is 9.56. The first-order chi connectivity index (χ1) is 5.73. The molecule has 0 aliphatic rings. The van der Waals surface area contributed by atoms with E-state index in [2.05, 4.69) is 31.4 Å². The Morgan fingerprint density at radius 2 is 1.54 bits per heavy atom. The maximum absolute atomic E-state index is 11.3. The monoisotopic (exact) mass is 186 g/mol. The predicted molar refractivity (Wildman–Crippen MR) is 55.7 cm³/mol. The van der Waals surface area contributed by atoms with Crippen LogP contribution in [0, 0.1) is 5.41 Å². The van der Waals surface area contributed by atoms with Gasteiger partial charge in [0.05, 0.1) is 0 Å². The van der Waals surface area contributed by atoms with Gasteiger partial charge in [0.1, 0.15) is 0 Å². The van der Waals surface area contributed by atoms with Gasteiger partial charge >= 0.3 is 6.03 Å². The number of hydrogen-bond acceptors (Lipinski definition) is 1. The molecule has 0 bridgehead atoms. The number of carbonyl (C=O) groups is 1. The Morgan fingerprint density at radius 3 is 1.85 bits per heavy atom. The van der Waals surface area contributed by atoms with Gasteiger partial charge in [0.15, 0.2) is 0 Å². The standard InChI is InChI=1S/C10H22N2O/c1-7(2)11-9(13)12-8(3)10(4,5)6/h7-8H,1-6H3,(H2,11,12,13). The zero-order valence-corrected chi connectivity index (χ0v) is 9.56. The molecule has 0 spiro atoms. The molecule has 0 saturated carbocycles. The van der Waals surface area contributed by atoms with Crippen molar-refractivity contribution in [3.63, 3.8) is 0 Å². The molecule has 0 saturated heterocycles. The van der Waals surface area contributed by atoms with Gasteiger partial charge in [-0.15, -0.1) is 0 Å². The number of hydrogen-bond donors (Lipinski definition) is 2. The first-order valence-electron chi connectivity index (χ1n) is 4.80. The lowest BCUT2D eigenvalue weighted by Crippen LogP contribution is -2.48. The summed E-state index contributed by atoms with van der Waals surface area (Å²) in [4.78, 5) is 11.3. The summed E-state index contributed by atoms with van der Waals surface area (Å²) in [5, 5.41) is 5.70. The van der Waals surface area contributed by atoms with Gasteiger partial charge in [-0.05, 0) is 26.2 Å². The summed E-state index contributed by atoms with van der Waals surface area (Å²) in [6.45, 7) is 12.2. The van der Waals surface area contributed by atoms with Crippen LogP contribution in [-0.2, 0) is 0 Å². The van der Waals surface area contributed by atoms with E-state index in [-0.39, 0.29) is 23.5 Å². The van der Waals surface area contributed by atoms with Crippen LogP contribution in [0.1, 0.15) is 41.5 Å². The number of rotatable bonds is 2. The number of amides is 2. The van der Waals surface area contributed by atoms with Crippen molar-refractivity contribution in [3.8, 4) is 0 Å². The molecule has 3 nitrogen and oxygen atoms in total. The molecule has 78 valence electrons. The summed E-state index contributed by atoms with van der Waals surface area (Å²) < 4.78 is 0. The molecule has 1 unspecified atom stereocenters. The third-order valence-corrected chi connectivity index (χ3v) is 2.07. The molecule has 0 aliphatic heterocycles. The smallest absolute Gasteiger partial charge is 0.315 e. The highest BCUT2D eigenvalue weighted by atomic mass is 16.2. The van der Waals surface area contributed by atoms with Crippen LogP contribution in [0.5, 0.6) is 0 Å². The van der Waals surface area contributed by atoms with Crippen molar-refractivity contribution in [1.82, 2.24) is 10.6 Å². The molecule has 13 heavy (non-hydrogen) atoms. The van der Waals surface area contributed by atoms with Crippen molar-refractivity contribution in [3.05, 3.63) is 0 Å². The first-order valence-corrected chi connectivity index (χ1v) is 4.80. The third-order valence-electron chi connectivity index (χ3n) is 2.07. The average Bonchev–Trinajstić information content (AvgIpc) is 1.82. The van der Waals surface area contributed by atoms with Gasteiger partial charge in [-0.1, -0.05) is 20.8 Å². The van der Waals surface area contributed by atoms with E-state index in [0.717, 1.165) is 0 Å². The number of nitrogens with one attached hydrogen (secondary N) is 2. The van der Waals surface area contributed by atoms with Crippen molar-refractivity contribution < 1.29 is 4.79 Å². The highest BCUT2D eigenvalue weighted by Gasteiger charge is 2.21. The molecule has 1 atom stereocenters. The molecule has 0 aromatic rings. The molecular formula is C10H22N2O. The topological polar surface area (TPSA) is 41.1 Å². The van der Waals surface area contributed by atoms with E-state index in [1.807, 2.05) is 20.8 Å². The molecule has 0 aromatic carbocycles. The Hall–Kier alpha value is -0.730. The fraction of sp³-hybridized carbons (Fsp3) is 0.900. The van der Waals surface area contributed by atoms with Gasteiger partial charge < -0.3 is 10.6 Å². The van der Waals surface area contributed by atoms with Gasteiger partial charge in [-0.2, -0.15) is 0 Å². The predicted octanol–water partition coefficient (Wildman–Crippen LogP) is 2.13. The van der Waals surface area contributed by atoms with Crippen LogP contribution in [0.3, 0.4) is 0 Å². The molecule has 2 amide bonds. The van der Waals surface area contributed by atoms with Crippen molar-refractivity contribution in [2.75, 3.05) is 0 Å². The SMILES string of the molecule is CC(C)NC(=O)NC(C)C(C)(C)C. The minimum absolute atomic E-state index is 0.0857. The van der Waals surface area contributed by atoms with Crippen molar-refractivity contribution in [2.45, 2.75) is 53.6 Å². The van der Waals surface area contributed by atoms with E-state index in [1.54, 1.807) is 0 Å². The zero-order chi connectivity index (χ0) is 10.6. The van der Waals surface area contributed by atoms with Gasteiger partial charge in [0.25, 0.3) is 0 Å². The highest BCUT2D eigenvalue weighted by Crippen LogP contribution is 2.18. The first kappa shape index (κ1) is 12.3. The van der Waals surface area contributed by atoms with Crippen LogP contribution in [0.15, 0.2) is 0 Å². The summed E-state index contributed by atoms with van der Waals surface area (Å²) in [6.07, 6.45) is 0. The van der Waals surface area contributed by atoms with E-state index < -0.39 is 0 Å². The average molecular weight is 186 g/mol. The molecule has 0 radical (unpaired) electrons. The maximum Gasteiger partial charge on any atom is 0.315 e. The molecule has 2 N–H and O–H groups in total. The maximum atomic E-state index is 11.3. The highest BCUT2D eigenvalue weighted by molar-refractivity contribution is 5.74. The van der Waals surface area contributed by atoms with Gasteiger partial charge in [-0.3, -0.25) is 0 Å². The van der Waals surface area contributed by atoms with Crippen LogP contribution in [0.4, 0.5) is 4.79 Å². The van der Waals surface area contributed by atoms with Gasteiger partial charge in [-0.25, -0.2) is 4.79 Å². The van der Waals surface area contributed by atoms with Crippen LogP contribution in [0.2, 0.25) is 0 Å². The molecule has 0 fully saturated rings. The van der Waals surface area contributed by atoms with Crippen molar-refractivity contribution in [1.29, 1.82) is 0 Å². The van der Waals surface area contributed by atoms with E-state index in [9.17, 15) is 4.79 Å². The van der Waals surface area contributed by atoms with Crippen LogP contribution in [-0.4, -0.2) is 18.1 Å².